The molecule has 0 aliphatic heterocycles. The maximum Gasteiger partial charge on any atom is 0.267 e. The van der Waals surface area contributed by atoms with Gasteiger partial charge in [-0.1, -0.05) is 0 Å². The number of anilines is 1. The molecule has 0 aliphatic rings. The summed E-state index contributed by atoms with van der Waals surface area (Å²) in [6, 6.07) is 4.77. The van der Waals surface area contributed by atoms with Crippen LogP contribution >= 0.6 is 11.3 Å². The molecule has 1 N–H and O–H groups in total. The Balaban J connectivity index is 2.06. The van der Waals surface area contributed by atoms with E-state index in [0.29, 0.717) is 23.1 Å². The van der Waals surface area contributed by atoms with Crippen molar-refractivity contribution in [3.8, 4) is 17.1 Å². The van der Waals surface area contributed by atoms with E-state index in [4.69, 9.17) is 4.74 Å². The number of thiazole rings is 1. The molecule has 0 unspecified atom stereocenters. The minimum atomic E-state index is -3.88. The number of hydrogen-bond donors (Lipinski definition) is 1. The second kappa shape index (κ2) is 6.76. The Kier molecular flexibility index (Phi) is 4.68. The first kappa shape index (κ1) is 17.3. The standard InChI is InChI=1S/C14H16N6O3S2/c1-4-20-13(16-18-19-20)10-5-6-11(23-3)12(7-10)25(21,22)17-14-15-8-9(2)24-14/h5-8H,4H2,1-3H3,(H,15,17). The molecule has 0 saturated heterocycles. The van der Waals surface area contributed by atoms with Gasteiger partial charge in [0.15, 0.2) is 11.0 Å². The number of aryl methyl sites for hydroxylation is 2. The Labute approximate surface area is 148 Å². The second-order valence-corrected chi connectivity index (χ2v) is 7.95. The predicted octanol–water partition coefficient (Wildman–Crippen LogP) is 1.93. The van der Waals surface area contributed by atoms with Gasteiger partial charge in [-0.25, -0.2) is 18.1 Å². The molecule has 0 spiro atoms. The first-order valence-corrected chi connectivity index (χ1v) is 9.64. The van der Waals surface area contributed by atoms with Crippen molar-refractivity contribution in [3.63, 3.8) is 0 Å². The van der Waals surface area contributed by atoms with Crippen molar-refractivity contribution in [2.24, 2.45) is 0 Å². The Hall–Kier alpha value is -2.53. The highest BCUT2D eigenvalue weighted by Gasteiger charge is 2.23. The first-order chi connectivity index (χ1) is 11.9. The van der Waals surface area contributed by atoms with Gasteiger partial charge in [-0.15, -0.1) is 16.4 Å². The van der Waals surface area contributed by atoms with Crippen LogP contribution in [0.25, 0.3) is 11.4 Å². The van der Waals surface area contributed by atoms with Crippen molar-refractivity contribution < 1.29 is 13.2 Å². The molecule has 3 rings (SSSR count). The van der Waals surface area contributed by atoms with Gasteiger partial charge in [0, 0.05) is 23.2 Å². The smallest absolute Gasteiger partial charge is 0.267 e. The topological polar surface area (TPSA) is 112 Å². The van der Waals surface area contributed by atoms with Gasteiger partial charge in [-0.2, -0.15) is 0 Å². The lowest BCUT2D eigenvalue weighted by atomic mass is 10.2. The summed E-state index contributed by atoms with van der Waals surface area (Å²) in [5.41, 5.74) is 0.573. The van der Waals surface area contributed by atoms with Gasteiger partial charge >= 0.3 is 0 Å². The lowest BCUT2D eigenvalue weighted by molar-refractivity contribution is 0.403. The number of methoxy groups -OCH3 is 1. The molecule has 0 atom stereocenters. The van der Waals surface area contributed by atoms with E-state index in [1.165, 1.54) is 24.5 Å². The zero-order chi connectivity index (χ0) is 18.0. The van der Waals surface area contributed by atoms with Crippen molar-refractivity contribution in [3.05, 3.63) is 29.3 Å². The Morgan fingerprint density at radius 3 is 2.80 bits per heavy atom. The molecule has 0 bridgehead atoms. The third-order valence-corrected chi connectivity index (χ3v) is 5.70. The maximum atomic E-state index is 12.8. The number of ether oxygens (including phenoxy) is 1. The summed E-state index contributed by atoms with van der Waals surface area (Å²) < 4.78 is 34.8. The molecule has 11 heteroatoms. The van der Waals surface area contributed by atoms with E-state index >= 15 is 0 Å². The van der Waals surface area contributed by atoms with Crippen LogP contribution < -0.4 is 9.46 Å². The fourth-order valence-corrected chi connectivity index (χ4v) is 4.32. The van der Waals surface area contributed by atoms with Gasteiger partial charge in [-0.3, -0.25) is 4.72 Å². The van der Waals surface area contributed by atoms with Gasteiger partial charge in [0.1, 0.15) is 10.6 Å². The first-order valence-electron chi connectivity index (χ1n) is 7.34. The number of sulfonamides is 1. The maximum absolute atomic E-state index is 12.8. The second-order valence-electron chi connectivity index (χ2n) is 5.07. The minimum absolute atomic E-state index is 0.00833. The summed E-state index contributed by atoms with van der Waals surface area (Å²) in [5, 5.41) is 11.8. The van der Waals surface area contributed by atoms with Crippen molar-refractivity contribution >= 4 is 26.5 Å². The van der Waals surface area contributed by atoms with Gasteiger partial charge in [-0.05, 0) is 42.5 Å². The molecule has 0 saturated carbocycles. The molecule has 1 aromatic carbocycles. The highest BCUT2D eigenvalue weighted by Crippen LogP contribution is 2.31. The van der Waals surface area contributed by atoms with Crippen LogP contribution in [-0.4, -0.2) is 40.7 Å². The molecule has 9 nitrogen and oxygen atoms in total. The molecule has 25 heavy (non-hydrogen) atoms. The van der Waals surface area contributed by atoms with Crippen molar-refractivity contribution in [2.75, 3.05) is 11.8 Å². The SMILES string of the molecule is CCn1nnnc1-c1ccc(OC)c(S(=O)(=O)Nc2ncc(C)s2)c1. The quantitative estimate of drug-likeness (QED) is 0.695. The van der Waals surface area contributed by atoms with E-state index in [1.807, 2.05) is 13.8 Å². The molecule has 0 radical (unpaired) electrons. The van der Waals surface area contributed by atoms with Crippen LogP contribution in [0.3, 0.4) is 0 Å². The monoisotopic (exact) mass is 380 g/mol. The molecule has 3 aromatic rings. The van der Waals surface area contributed by atoms with Crippen molar-refractivity contribution in [2.45, 2.75) is 25.3 Å². The van der Waals surface area contributed by atoms with E-state index in [9.17, 15) is 8.42 Å². The average molecular weight is 380 g/mol. The van der Waals surface area contributed by atoms with E-state index < -0.39 is 10.0 Å². The summed E-state index contributed by atoms with van der Waals surface area (Å²) in [6.45, 7) is 4.31. The third kappa shape index (κ3) is 3.46. The van der Waals surface area contributed by atoms with Gasteiger partial charge < -0.3 is 4.74 Å². The normalized spacial score (nSPS) is 11.5. The van der Waals surface area contributed by atoms with Crippen LogP contribution in [0.15, 0.2) is 29.3 Å². The molecule has 2 heterocycles. The molecule has 2 aromatic heterocycles. The van der Waals surface area contributed by atoms with Crippen LogP contribution in [0.4, 0.5) is 5.13 Å². The number of nitrogens with one attached hydrogen (secondary N) is 1. The molecule has 0 fully saturated rings. The predicted molar refractivity (Wildman–Crippen MR) is 93.1 cm³/mol. The summed E-state index contributed by atoms with van der Waals surface area (Å²) in [7, 11) is -2.47. The van der Waals surface area contributed by atoms with Crippen LogP contribution in [-0.2, 0) is 16.6 Å². The number of aromatic nitrogens is 5. The van der Waals surface area contributed by atoms with Gasteiger partial charge in [0.25, 0.3) is 10.0 Å². The summed E-state index contributed by atoms with van der Waals surface area (Å²) in [5.74, 6) is 0.701. The van der Waals surface area contributed by atoms with E-state index in [0.717, 1.165) is 4.88 Å². The minimum Gasteiger partial charge on any atom is -0.495 e. The zero-order valence-electron chi connectivity index (χ0n) is 13.8. The van der Waals surface area contributed by atoms with Crippen LogP contribution in [0.2, 0.25) is 0 Å². The van der Waals surface area contributed by atoms with E-state index in [2.05, 4.69) is 25.2 Å². The van der Waals surface area contributed by atoms with Crippen molar-refractivity contribution in [1.82, 2.24) is 25.2 Å². The fraction of sp³-hybridized carbons (Fsp3) is 0.286. The number of rotatable bonds is 6. The molecule has 132 valence electrons. The van der Waals surface area contributed by atoms with E-state index in [-0.39, 0.29) is 10.6 Å². The largest absolute Gasteiger partial charge is 0.495 e. The van der Waals surface area contributed by atoms with Crippen molar-refractivity contribution in [1.29, 1.82) is 0 Å². The summed E-state index contributed by atoms with van der Waals surface area (Å²) >= 11 is 1.25. The zero-order valence-corrected chi connectivity index (χ0v) is 15.4. The number of hydrogen-bond acceptors (Lipinski definition) is 8. The number of nitrogens with zero attached hydrogens (tertiary/aromatic N) is 5. The van der Waals surface area contributed by atoms with Crippen LogP contribution in [0.5, 0.6) is 5.75 Å². The summed E-state index contributed by atoms with van der Waals surface area (Å²) in [6.07, 6.45) is 1.60. The average Bonchev–Trinajstić information content (AvgIpc) is 3.22. The van der Waals surface area contributed by atoms with Crippen LogP contribution in [0.1, 0.15) is 11.8 Å². The Morgan fingerprint density at radius 1 is 1.36 bits per heavy atom. The van der Waals surface area contributed by atoms with E-state index in [1.54, 1.807) is 23.0 Å². The lowest BCUT2D eigenvalue weighted by Gasteiger charge is -2.11. The molecule has 0 amide bonds. The lowest BCUT2D eigenvalue weighted by Crippen LogP contribution is -2.14. The highest BCUT2D eigenvalue weighted by atomic mass is 32.2. The number of tetrazole rings is 1. The molecule has 0 aliphatic carbocycles. The Morgan fingerprint density at radius 2 is 2.16 bits per heavy atom. The van der Waals surface area contributed by atoms with Gasteiger partial charge in [0.05, 0.1) is 7.11 Å². The molecular weight excluding hydrogens is 364 g/mol. The summed E-state index contributed by atoms with van der Waals surface area (Å²) in [4.78, 5) is 4.93. The van der Waals surface area contributed by atoms with Crippen LogP contribution in [0, 0.1) is 6.92 Å². The highest BCUT2D eigenvalue weighted by molar-refractivity contribution is 7.93. The molecular formula is C14H16N6O3S2. The van der Waals surface area contributed by atoms with Gasteiger partial charge in [0.2, 0.25) is 0 Å². The number of benzene rings is 1. The third-order valence-electron chi connectivity index (χ3n) is 3.39. The Bertz CT molecular complexity index is 996. The fourth-order valence-electron chi connectivity index (χ4n) is 2.22.